The Balaban J connectivity index is 2.52. The molecule has 0 aromatic heterocycles. The molecule has 0 N–H and O–H groups in total. The minimum Gasteiger partial charge on any atom is -0.0985 e. The maximum atomic E-state index is 3.93. The molecule has 0 aliphatic carbocycles. The molecule has 0 spiro atoms. The van der Waals surface area contributed by atoms with Crippen molar-refractivity contribution in [1.29, 1.82) is 0 Å². The van der Waals surface area contributed by atoms with Gasteiger partial charge in [-0.25, -0.2) is 0 Å². The third-order valence-corrected chi connectivity index (χ3v) is 4.07. The summed E-state index contributed by atoms with van der Waals surface area (Å²) >= 11 is 0. The van der Waals surface area contributed by atoms with Gasteiger partial charge >= 0.3 is 0 Å². The molecule has 0 unspecified atom stereocenters. The van der Waals surface area contributed by atoms with Crippen LogP contribution >= 0.6 is 0 Å². The molecular weight excluding hydrogens is 264 g/mol. The molecule has 2 aromatic rings. The number of hydrogen-bond acceptors (Lipinski definition) is 0. The largest absolute Gasteiger partial charge is 0.0985 e. The van der Waals surface area contributed by atoms with Crippen LogP contribution in [0.1, 0.15) is 55.5 Å². The van der Waals surface area contributed by atoms with Crippen LogP contribution in [0.15, 0.2) is 49.0 Å². The molecule has 114 valence electrons. The van der Waals surface area contributed by atoms with Gasteiger partial charge in [-0.3, -0.25) is 0 Å². The van der Waals surface area contributed by atoms with Crippen LogP contribution in [0.2, 0.25) is 0 Å². The van der Waals surface area contributed by atoms with Gasteiger partial charge in [0.2, 0.25) is 0 Å². The zero-order valence-corrected chi connectivity index (χ0v) is 14.4. The second-order valence-electron chi connectivity index (χ2n) is 6.98. The predicted octanol–water partition coefficient (Wildman–Crippen LogP) is 6.50. The molecule has 0 nitrogen and oxygen atoms in total. The summed E-state index contributed by atoms with van der Waals surface area (Å²) < 4.78 is 0. The highest BCUT2D eigenvalue weighted by Gasteiger charge is 2.15. The van der Waals surface area contributed by atoms with Crippen LogP contribution in [-0.4, -0.2) is 0 Å². The summed E-state index contributed by atoms with van der Waals surface area (Å²) in [6.07, 6.45) is 4.20. The number of aryl methyl sites for hydroxylation is 1. The second kappa shape index (κ2) is 6.36. The van der Waals surface area contributed by atoms with Gasteiger partial charge in [-0.1, -0.05) is 75.9 Å². The summed E-state index contributed by atoms with van der Waals surface area (Å²) in [5.41, 5.74) is 7.79. The van der Waals surface area contributed by atoms with E-state index in [1.165, 1.54) is 33.4 Å². The molecule has 22 heavy (non-hydrogen) atoms. The van der Waals surface area contributed by atoms with Gasteiger partial charge in [-0.2, -0.15) is 0 Å². The Morgan fingerprint density at radius 3 is 2.32 bits per heavy atom. The third kappa shape index (κ3) is 3.76. The van der Waals surface area contributed by atoms with Crippen LogP contribution in [0.5, 0.6) is 0 Å². The van der Waals surface area contributed by atoms with E-state index in [2.05, 4.69) is 89.7 Å². The average Bonchev–Trinajstić information content (AvgIpc) is 2.48. The van der Waals surface area contributed by atoms with E-state index in [0.717, 1.165) is 0 Å². The molecule has 0 fully saturated rings. The summed E-state index contributed by atoms with van der Waals surface area (Å²) in [4.78, 5) is 0. The van der Waals surface area contributed by atoms with Gasteiger partial charge in [0.05, 0.1) is 0 Å². The fraction of sp³-hybridized carbons (Fsp3) is 0.273. The Hall–Kier alpha value is -2.08. The van der Waals surface area contributed by atoms with Crippen LogP contribution in [-0.2, 0) is 5.41 Å². The summed E-state index contributed by atoms with van der Waals surface area (Å²) in [5, 5.41) is 0. The van der Waals surface area contributed by atoms with Gasteiger partial charge in [0, 0.05) is 0 Å². The van der Waals surface area contributed by atoms with E-state index in [1.807, 2.05) is 6.08 Å². The number of allylic oxidation sites excluding steroid dienone is 1. The summed E-state index contributed by atoms with van der Waals surface area (Å²) in [6, 6.07) is 15.2. The maximum absolute atomic E-state index is 3.93. The first-order chi connectivity index (χ1) is 10.3. The lowest BCUT2D eigenvalue weighted by atomic mass is 9.84. The van der Waals surface area contributed by atoms with Crippen molar-refractivity contribution in [1.82, 2.24) is 0 Å². The van der Waals surface area contributed by atoms with Crippen LogP contribution in [0.4, 0.5) is 0 Å². The smallest absolute Gasteiger partial charge is 0.0131 e. The van der Waals surface area contributed by atoms with E-state index < -0.39 is 0 Å². The van der Waals surface area contributed by atoms with E-state index in [-0.39, 0.29) is 5.41 Å². The Morgan fingerprint density at radius 2 is 1.73 bits per heavy atom. The molecule has 0 saturated carbocycles. The van der Waals surface area contributed by atoms with Crippen molar-refractivity contribution < 1.29 is 0 Å². The van der Waals surface area contributed by atoms with Gasteiger partial charge in [-0.05, 0) is 58.7 Å². The zero-order chi connectivity index (χ0) is 16.3. The second-order valence-corrected chi connectivity index (χ2v) is 6.98. The summed E-state index contributed by atoms with van der Waals surface area (Å²) in [5.74, 6) is 0. The molecule has 0 amide bonds. The zero-order valence-electron chi connectivity index (χ0n) is 14.4. The van der Waals surface area contributed by atoms with Crippen molar-refractivity contribution in [2.24, 2.45) is 0 Å². The standard InChI is InChI=1S/C22H26/c1-7-18-13-20(15-21(14-18)22(4,5)6)17(3)12-19-11-9-8-10-16(19)2/h7-15H,1H2,2-6H3/b17-12+. The van der Waals surface area contributed by atoms with Crippen molar-refractivity contribution in [2.45, 2.75) is 40.0 Å². The summed E-state index contributed by atoms with van der Waals surface area (Å²) in [7, 11) is 0. The first-order valence-electron chi connectivity index (χ1n) is 7.83. The third-order valence-electron chi connectivity index (χ3n) is 4.07. The molecule has 0 atom stereocenters. The highest BCUT2D eigenvalue weighted by atomic mass is 14.2. The SMILES string of the molecule is C=Cc1cc(/C(C)=C/c2ccccc2C)cc(C(C)(C)C)c1. The molecule has 0 saturated heterocycles. The van der Waals surface area contributed by atoms with E-state index in [4.69, 9.17) is 0 Å². The molecule has 0 aliphatic rings. The van der Waals surface area contributed by atoms with Crippen LogP contribution in [0, 0.1) is 6.92 Å². The molecule has 0 radical (unpaired) electrons. The van der Waals surface area contributed by atoms with Crippen LogP contribution in [0.3, 0.4) is 0 Å². The van der Waals surface area contributed by atoms with E-state index in [9.17, 15) is 0 Å². The van der Waals surface area contributed by atoms with Gasteiger partial charge in [0.1, 0.15) is 0 Å². The van der Waals surface area contributed by atoms with Gasteiger partial charge < -0.3 is 0 Å². The average molecular weight is 290 g/mol. The Kier molecular flexibility index (Phi) is 4.71. The number of benzene rings is 2. The topological polar surface area (TPSA) is 0 Å². The highest BCUT2D eigenvalue weighted by Crippen LogP contribution is 2.28. The molecule has 0 heteroatoms. The molecular formula is C22H26. The first-order valence-corrected chi connectivity index (χ1v) is 7.83. The highest BCUT2D eigenvalue weighted by molar-refractivity contribution is 5.82. The van der Waals surface area contributed by atoms with Crippen molar-refractivity contribution in [3.8, 4) is 0 Å². The molecule has 2 aromatic carbocycles. The van der Waals surface area contributed by atoms with E-state index in [0.29, 0.717) is 0 Å². The number of rotatable bonds is 3. The number of hydrogen-bond donors (Lipinski definition) is 0. The lowest BCUT2D eigenvalue weighted by Gasteiger charge is -2.21. The van der Waals surface area contributed by atoms with Gasteiger partial charge in [0.25, 0.3) is 0 Å². The van der Waals surface area contributed by atoms with Gasteiger partial charge in [-0.15, -0.1) is 0 Å². The Bertz CT molecular complexity index is 709. The van der Waals surface area contributed by atoms with Crippen LogP contribution < -0.4 is 0 Å². The summed E-state index contributed by atoms with van der Waals surface area (Å²) in [6.45, 7) is 15.0. The quantitative estimate of drug-likeness (QED) is 0.566. The van der Waals surface area contributed by atoms with Crippen molar-refractivity contribution >= 4 is 17.7 Å². The van der Waals surface area contributed by atoms with Crippen molar-refractivity contribution in [3.63, 3.8) is 0 Å². The lowest BCUT2D eigenvalue weighted by molar-refractivity contribution is 0.590. The maximum Gasteiger partial charge on any atom is -0.0131 e. The van der Waals surface area contributed by atoms with Gasteiger partial charge in [0.15, 0.2) is 0 Å². The van der Waals surface area contributed by atoms with Crippen molar-refractivity contribution in [2.75, 3.05) is 0 Å². The first kappa shape index (κ1) is 16.3. The van der Waals surface area contributed by atoms with E-state index in [1.54, 1.807) is 0 Å². The molecule has 0 heterocycles. The monoisotopic (exact) mass is 290 g/mol. The molecule has 0 aliphatic heterocycles. The lowest BCUT2D eigenvalue weighted by Crippen LogP contribution is -2.11. The minimum atomic E-state index is 0.136. The van der Waals surface area contributed by atoms with Crippen molar-refractivity contribution in [3.05, 3.63) is 76.9 Å². The fourth-order valence-corrected chi connectivity index (χ4v) is 2.50. The normalized spacial score (nSPS) is 12.3. The Morgan fingerprint density at radius 1 is 1.05 bits per heavy atom. The fourth-order valence-electron chi connectivity index (χ4n) is 2.50. The predicted molar refractivity (Wildman–Crippen MR) is 100.0 cm³/mol. The minimum absolute atomic E-state index is 0.136. The van der Waals surface area contributed by atoms with E-state index >= 15 is 0 Å². The van der Waals surface area contributed by atoms with Crippen LogP contribution in [0.25, 0.3) is 17.7 Å². The molecule has 0 bridgehead atoms. The Labute approximate surface area is 135 Å². The molecule has 2 rings (SSSR count).